The number of likely N-dealkylation sites (tertiary alicyclic amines) is 1. The molecule has 2 N–H and O–H groups in total. The van der Waals surface area contributed by atoms with Crippen molar-refractivity contribution in [3.05, 3.63) is 22.2 Å². The van der Waals surface area contributed by atoms with Gasteiger partial charge in [0.2, 0.25) is 0 Å². The van der Waals surface area contributed by atoms with Crippen LogP contribution in [0.4, 0.5) is 24.5 Å². The second-order valence-corrected chi connectivity index (χ2v) is 9.43. The first-order valence-corrected chi connectivity index (χ1v) is 10.2. The van der Waals surface area contributed by atoms with Gasteiger partial charge in [-0.15, -0.1) is 5.53 Å². The molecule has 1 aromatic rings. The van der Waals surface area contributed by atoms with Gasteiger partial charge in [-0.25, -0.2) is 0 Å². The van der Waals surface area contributed by atoms with Crippen LogP contribution in [0.25, 0.3) is 0 Å². The SMILES string of the molecule is CC(C)(C)CN1NNc2c1ccc(C#CC1CCN(CC(F)(F)F)CC1)c2Br. The van der Waals surface area contributed by atoms with E-state index in [4.69, 9.17) is 0 Å². The van der Waals surface area contributed by atoms with Crippen LogP contribution in [0.2, 0.25) is 0 Å². The normalized spacial score (nSPS) is 18.5. The summed E-state index contributed by atoms with van der Waals surface area (Å²) in [4.78, 5) is 1.46. The highest BCUT2D eigenvalue weighted by Crippen LogP contribution is 2.39. The van der Waals surface area contributed by atoms with Crippen LogP contribution in [0.3, 0.4) is 0 Å². The molecular formula is C20H26BrF3N4. The third-order valence-electron chi connectivity index (χ3n) is 4.76. The second-order valence-electron chi connectivity index (χ2n) is 8.64. The summed E-state index contributed by atoms with van der Waals surface area (Å²) in [7, 11) is 0. The quantitative estimate of drug-likeness (QED) is 0.624. The summed E-state index contributed by atoms with van der Waals surface area (Å²) >= 11 is 3.64. The molecule has 0 saturated carbocycles. The van der Waals surface area contributed by atoms with Crippen LogP contribution in [0.15, 0.2) is 16.6 Å². The molecule has 0 spiro atoms. The van der Waals surface area contributed by atoms with Crippen molar-refractivity contribution >= 4 is 27.3 Å². The zero-order valence-corrected chi connectivity index (χ0v) is 18.0. The minimum Gasteiger partial charge on any atom is -0.301 e. The molecule has 0 aromatic heterocycles. The van der Waals surface area contributed by atoms with Crippen molar-refractivity contribution in [2.45, 2.75) is 39.8 Å². The number of alkyl halides is 3. The van der Waals surface area contributed by atoms with Gasteiger partial charge in [0.1, 0.15) is 0 Å². The summed E-state index contributed by atoms with van der Waals surface area (Å²) in [6, 6.07) is 4.02. The number of fused-ring (bicyclic) bond motifs is 1. The summed E-state index contributed by atoms with van der Waals surface area (Å²) < 4.78 is 38.4. The van der Waals surface area contributed by atoms with E-state index in [-0.39, 0.29) is 11.3 Å². The molecule has 1 aromatic carbocycles. The van der Waals surface area contributed by atoms with E-state index in [2.05, 4.69) is 64.5 Å². The third kappa shape index (κ3) is 5.56. The van der Waals surface area contributed by atoms with Gasteiger partial charge in [-0.2, -0.15) is 13.2 Å². The molecule has 0 bridgehead atoms. The first kappa shape index (κ1) is 21.3. The molecule has 0 aliphatic carbocycles. The Labute approximate surface area is 172 Å². The highest BCUT2D eigenvalue weighted by atomic mass is 79.9. The van der Waals surface area contributed by atoms with Crippen molar-refractivity contribution < 1.29 is 13.2 Å². The Morgan fingerprint density at radius 3 is 2.43 bits per heavy atom. The van der Waals surface area contributed by atoms with Gasteiger partial charge < -0.3 is 5.43 Å². The fourth-order valence-electron chi connectivity index (χ4n) is 3.46. The fraction of sp³-hybridized carbons (Fsp3) is 0.600. The van der Waals surface area contributed by atoms with E-state index in [1.165, 1.54) is 4.90 Å². The molecule has 3 rings (SSSR count). The van der Waals surface area contributed by atoms with E-state index in [0.29, 0.717) is 25.9 Å². The highest BCUT2D eigenvalue weighted by molar-refractivity contribution is 9.10. The number of piperidine rings is 1. The number of nitrogens with one attached hydrogen (secondary N) is 2. The summed E-state index contributed by atoms with van der Waals surface area (Å²) in [6.45, 7) is 7.45. The molecule has 8 heteroatoms. The molecule has 28 heavy (non-hydrogen) atoms. The van der Waals surface area contributed by atoms with Crippen LogP contribution >= 0.6 is 15.9 Å². The maximum absolute atomic E-state index is 12.5. The van der Waals surface area contributed by atoms with E-state index in [1.54, 1.807) is 0 Å². The van der Waals surface area contributed by atoms with Gasteiger partial charge in [-0.05, 0) is 59.4 Å². The van der Waals surface area contributed by atoms with Gasteiger partial charge >= 0.3 is 6.18 Å². The Kier molecular flexibility index (Phi) is 6.18. The largest absolute Gasteiger partial charge is 0.401 e. The molecule has 2 aliphatic rings. The molecule has 2 heterocycles. The third-order valence-corrected chi connectivity index (χ3v) is 5.58. The lowest BCUT2D eigenvalue weighted by Gasteiger charge is -2.30. The fourth-order valence-corrected chi connectivity index (χ4v) is 3.99. The number of anilines is 2. The van der Waals surface area contributed by atoms with Crippen LogP contribution in [0.5, 0.6) is 0 Å². The number of hydrazine groups is 2. The van der Waals surface area contributed by atoms with Crippen LogP contribution in [-0.4, -0.2) is 37.3 Å². The minimum absolute atomic E-state index is 0.133. The smallest absolute Gasteiger partial charge is 0.301 e. The van der Waals surface area contributed by atoms with Crippen molar-refractivity contribution in [2.75, 3.05) is 36.6 Å². The van der Waals surface area contributed by atoms with Crippen molar-refractivity contribution in [3.8, 4) is 11.8 Å². The van der Waals surface area contributed by atoms with Crippen molar-refractivity contribution in [2.24, 2.45) is 11.3 Å². The Hall–Kier alpha value is -1.43. The number of hydrogen-bond donors (Lipinski definition) is 2. The van der Waals surface area contributed by atoms with Crippen molar-refractivity contribution in [1.82, 2.24) is 10.4 Å². The van der Waals surface area contributed by atoms with Gasteiger partial charge in [-0.3, -0.25) is 9.91 Å². The number of nitrogens with zero attached hydrogens (tertiary/aromatic N) is 2. The summed E-state index contributed by atoms with van der Waals surface area (Å²) in [5, 5.41) is 2.08. The van der Waals surface area contributed by atoms with E-state index < -0.39 is 12.7 Å². The summed E-state index contributed by atoms with van der Waals surface area (Å²) in [5.41, 5.74) is 9.41. The van der Waals surface area contributed by atoms with Gasteiger partial charge in [0.15, 0.2) is 0 Å². The molecule has 1 saturated heterocycles. The summed E-state index contributed by atoms with van der Waals surface area (Å²) in [6.07, 6.45) is -2.79. The van der Waals surface area contributed by atoms with Gasteiger partial charge in [0.05, 0.1) is 22.4 Å². The minimum atomic E-state index is -4.13. The zero-order valence-electron chi connectivity index (χ0n) is 16.4. The molecule has 0 atom stereocenters. The van der Waals surface area contributed by atoms with Crippen molar-refractivity contribution in [3.63, 3.8) is 0 Å². The van der Waals surface area contributed by atoms with Gasteiger partial charge in [0, 0.05) is 18.0 Å². The van der Waals surface area contributed by atoms with Gasteiger partial charge in [-0.1, -0.05) is 32.6 Å². The highest BCUT2D eigenvalue weighted by Gasteiger charge is 2.32. The lowest BCUT2D eigenvalue weighted by Crippen LogP contribution is -2.41. The molecule has 154 valence electrons. The number of halogens is 4. The van der Waals surface area contributed by atoms with E-state index in [1.807, 2.05) is 12.1 Å². The van der Waals surface area contributed by atoms with Crippen LogP contribution < -0.4 is 16.0 Å². The molecule has 0 amide bonds. The molecular weight excluding hydrogens is 433 g/mol. The van der Waals surface area contributed by atoms with Crippen LogP contribution in [0.1, 0.15) is 39.2 Å². The Balaban J connectivity index is 1.65. The Morgan fingerprint density at radius 1 is 1.14 bits per heavy atom. The zero-order chi connectivity index (χ0) is 20.5. The monoisotopic (exact) mass is 458 g/mol. The predicted octanol–water partition coefficient (Wildman–Crippen LogP) is 4.77. The first-order valence-electron chi connectivity index (χ1n) is 9.44. The summed E-state index contributed by atoms with van der Waals surface area (Å²) in [5.74, 6) is 6.60. The van der Waals surface area contributed by atoms with E-state index in [9.17, 15) is 13.2 Å². The van der Waals surface area contributed by atoms with Crippen LogP contribution in [-0.2, 0) is 0 Å². The van der Waals surface area contributed by atoms with Crippen molar-refractivity contribution in [1.29, 1.82) is 0 Å². The Morgan fingerprint density at radius 2 is 1.82 bits per heavy atom. The Bertz CT molecular complexity index is 769. The number of rotatable bonds is 2. The predicted molar refractivity (Wildman–Crippen MR) is 110 cm³/mol. The van der Waals surface area contributed by atoms with Crippen LogP contribution in [0, 0.1) is 23.2 Å². The lowest BCUT2D eigenvalue weighted by molar-refractivity contribution is -0.148. The first-order chi connectivity index (χ1) is 13.0. The second kappa shape index (κ2) is 8.13. The molecule has 1 fully saturated rings. The van der Waals surface area contributed by atoms with Gasteiger partial charge in [0.25, 0.3) is 0 Å². The molecule has 0 radical (unpaired) electrons. The molecule has 2 aliphatic heterocycles. The molecule has 0 unspecified atom stereocenters. The average molecular weight is 459 g/mol. The maximum atomic E-state index is 12.5. The van der Waals surface area contributed by atoms with E-state index >= 15 is 0 Å². The topological polar surface area (TPSA) is 30.5 Å². The number of hydrogen-bond acceptors (Lipinski definition) is 4. The lowest BCUT2D eigenvalue weighted by atomic mass is 9.96. The number of benzene rings is 1. The standard InChI is InChI=1S/C20H26BrF3N4/c1-19(2,3)12-28-16-7-6-15(17(21)18(16)25-26-28)5-4-14-8-10-27(11-9-14)13-20(22,23)24/h6-7,14,25-26H,8-13H2,1-3H3. The maximum Gasteiger partial charge on any atom is 0.401 e. The average Bonchev–Trinajstić information content (AvgIpc) is 2.96. The molecule has 4 nitrogen and oxygen atoms in total. The van der Waals surface area contributed by atoms with E-state index in [0.717, 1.165) is 28.0 Å².